The van der Waals surface area contributed by atoms with Crippen molar-refractivity contribution >= 4 is 17.6 Å². The highest BCUT2D eigenvalue weighted by Gasteiger charge is 2.08. The second kappa shape index (κ2) is 10.4. The Morgan fingerprint density at radius 3 is 2.26 bits per heavy atom. The van der Waals surface area contributed by atoms with Gasteiger partial charge < -0.3 is 14.8 Å². The van der Waals surface area contributed by atoms with Crippen LogP contribution in [0.4, 0.5) is 5.69 Å². The zero-order valence-electron chi connectivity index (χ0n) is 16.2. The average molecular weight is 369 g/mol. The maximum absolute atomic E-state index is 12.0. The van der Waals surface area contributed by atoms with Gasteiger partial charge in [0.2, 0.25) is 0 Å². The van der Waals surface area contributed by atoms with E-state index in [1.54, 1.807) is 24.3 Å². The van der Waals surface area contributed by atoms with E-state index in [-0.39, 0.29) is 18.5 Å². The van der Waals surface area contributed by atoms with E-state index >= 15 is 0 Å². The number of carbonyl (C=O) groups excluding carboxylic acids is 2. The molecule has 2 aromatic rings. The second-order valence-corrected chi connectivity index (χ2v) is 6.43. The Labute approximate surface area is 160 Å². The first-order valence-electron chi connectivity index (χ1n) is 9.33. The topological polar surface area (TPSA) is 64.6 Å². The van der Waals surface area contributed by atoms with Crippen molar-refractivity contribution in [2.24, 2.45) is 0 Å². The largest absolute Gasteiger partial charge is 0.484 e. The number of hydrogen-bond acceptors (Lipinski definition) is 4. The Balaban J connectivity index is 1.82. The molecule has 1 N–H and O–H groups in total. The molecule has 5 nitrogen and oxygen atoms in total. The van der Waals surface area contributed by atoms with Gasteiger partial charge in [-0.15, -0.1) is 0 Å². The summed E-state index contributed by atoms with van der Waals surface area (Å²) in [4.78, 5) is 23.8. The molecular weight excluding hydrogens is 342 g/mol. The fourth-order valence-electron chi connectivity index (χ4n) is 2.44. The molecular formula is C22H27NO4. The van der Waals surface area contributed by atoms with E-state index in [1.807, 2.05) is 31.2 Å². The molecule has 0 spiro atoms. The van der Waals surface area contributed by atoms with Gasteiger partial charge in [-0.2, -0.15) is 0 Å². The molecule has 0 unspecified atom stereocenters. The van der Waals surface area contributed by atoms with Crippen molar-refractivity contribution in [1.29, 1.82) is 0 Å². The molecule has 0 saturated carbocycles. The number of esters is 1. The Bertz CT molecular complexity index is 738. The van der Waals surface area contributed by atoms with E-state index in [0.717, 1.165) is 12.8 Å². The first-order chi connectivity index (χ1) is 13.0. The maximum Gasteiger partial charge on any atom is 0.338 e. The van der Waals surface area contributed by atoms with Gasteiger partial charge in [0.25, 0.3) is 5.91 Å². The number of nitrogens with one attached hydrogen (secondary N) is 1. The van der Waals surface area contributed by atoms with Gasteiger partial charge in [-0.3, -0.25) is 4.79 Å². The standard InChI is InChI=1S/C22H27NO4/c1-4-14-26-22(25)18-6-10-19(11-7-18)23-21(24)15-27-20-12-8-17(9-13-20)16(3)5-2/h6-13,16H,4-5,14-15H2,1-3H3,(H,23,24)/t16-/m1/s1. The number of hydrogen-bond donors (Lipinski definition) is 1. The molecule has 0 saturated heterocycles. The summed E-state index contributed by atoms with van der Waals surface area (Å²) < 4.78 is 10.6. The predicted octanol–water partition coefficient (Wildman–Crippen LogP) is 4.78. The highest BCUT2D eigenvalue weighted by Crippen LogP contribution is 2.21. The summed E-state index contributed by atoms with van der Waals surface area (Å²) in [7, 11) is 0. The number of carbonyl (C=O) groups is 2. The van der Waals surface area contributed by atoms with Crippen LogP contribution in [0.3, 0.4) is 0 Å². The van der Waals surface area contributed by atoms with Crippen molar-refractivity contribution in [1.82, 2.24) is 0 Å². The van der Waals surface area contributed by atoms with Crippen LogP contribution in [0, 0.1) is 0 Å². The predicted molar refractivity (Wildman–Crippen MR) is 106 cm³/mol. The third-order valence-electron chi connectivity index (χ3n) is 4.27. The number of rotatable bonds is 9. The van der Waals surface area contributed by atoms with Gasteiger partial charge in [0.05, 0.1) is 12.2 Å². The molecule has 0 heterocycles. The summed E-state index contributed by atoms with van der Waals surface area (Å²) >= 11 is 0. The van der Waals surface area contributed by atoms with Crippen LogP contribution in [0.2, 0.25) is 0 Å². The van der Waals surface area contributed by atoms with Crippen LogP contribution in [0.15, 0.2) is 48.5 Å². The molecule has 1 amide bonds. The minimum absolute atomic E-state index is 0.0804. The molecule has 0 radical (unpaired) electrons. The van der Waals surface area contributed by atoms with Gasteiger partial charge in [-0.1, -0.05) is 32.9 Å². The Morgan fingerprint density at radius 2 is 1.67 bits per heavy atom. The van der Waals surface area contributed by atoms with E-state index in [2.05, 4.69) is 19.2 Å². The van der Waals surface area contributed by atoms with Crippen LogP contribution in [0.25, 0.3) is 0 Å². The molecule has 144 valence electrons. The Morgan fingerprint density at radius 1 is 1.00 bits per heavy atom. The normalized spacial score (nSPS) is 11.5. The van der Waals surface area contributed by atoms with Crippen LogP contribution >= 0.6 is 0 Å². The summed E-state index contributed by atoms with van der Waals surface area (Å²) in [6.07, 6.45) is 1.86. The molecule has 0 bridgehead atoms. The molecule has 0 aliphatic heterocycles. The minimum atomic E-state index is -0.362. The maximum atomic E-state index is 12.0. The highest BCUT2D eigenvalue weighted by molar-refractivity contribution is 5.93. The fraction of sp³-hybridized carbons (Fsp3) is 0.364. The van der Waals surface area contributed by atoms with Crippen molar-refractivity contribution < 1.29 is 19.1 Å². The zero-order valence-corrected chi connectivity index (χ0v) is 16.2. The number of amides is 1. The molecule has 5 heteroatoms. The smallest absolute Gasteiger partial charge is 0.338 e. The van der Waals surface area contributed by atoms with Crippen molar-refractivity contribution in [2.45, 2.75) is 39.5 Å². The Hall–Kier alpha value is -2.82. The van der Waals surface area contributed by atoms with Crippen molar-refractivity contribution in [3.63, 3.8) is 0 Å². The summed E-state index contributed by atoms with van der Waals surface area (Å²) in [5, 5.41) is 2.74. The van der Waals surface area contributed by atoms with E-state index in [9.17, 15) is 9.59 Å². The SMILES string of the molecule is CCCOC(=O)c1ccc(NC(=O)COc2ccc([C@H](C)CC)cc2)cc1. The van der Waals surface area contributed by atoms with E-state index in [1.165, 1.54) is 5.56 Å². The first kappa shape index (κ1) is 20.5. The number of ether oxygens (including phenoxy) is 2. The van der Waals surface area contributed by atoms with E-state index < -0.39 is 0 Å². The third-order valence-corrected chi connectivity index (χ3v) is 4.27. The Kier molecular flexibility index (Phi) is 7.86. The van der Waals surface area contributed by atoms with Gasteiger partial charge in [-0.25, -0.2) is 4.79 Å². The average Bonchev–Trinajstić information content (AvgIpc) is 2.70. The quantitative estimate of drug-likeness (QED) is 0.646. The number of benzene rings is 2. The van der Waals surface area contributed by atoms with Crippen LogP contribution in [0.5, 0.6) is 5.75 Å². The van der Waals surface area contributed by atoms with Gasteiger partial charge in [0.15, 0.2) is 6.61 Å². The van der Waals surface area contributed by atoms with E-state index in [4.69, 9.17) is 9.47 Å². The number of anilines is 1. The van der Waals surface area contributed by atoms with Crippen LogP contribution in [-0.4, -0.2) is 25.1 Å². The summed E-state index contributed by atoms with van der Waals surface area (Å²) in [6.45, 7) is 6.59. The lowest BCUT2D eigenvalue weighted by Gasteiger charge is -2.11. The molecule has 0 aromatic heterocycles. The van der Waals surface area contributed by atoms with Crippen LogP contribution in [-0.2, 0) is 9.53 Å². The molecule has 1 atom stereocenters. The lowest BCUT2D eigenvalue weighted by atomic mass is 9.99. The first-order valence-corrected chi connectivity index (χ1v) is 9.33. The fourth-order valence-corrected chi connectivity index (χ4v) is 2.44. The summed E-state index contributed by atoms with van der Waals surface area (Å²) in [5.74, 6) is 0.539. The zero-order chi connectivity index (χ0) is 19.6. The highest BCUT2D eigenvalue weighted by atomic mass is 16.5. The van der Waals surface area contributed by atoms with Crippen molar-refractivity contribution in [3.05, 3.63) is 59.7 Å². The summed E-state index contributed by atoms with van der Waals surface area (Å²) in [5.41, 5.74) is 2.31. The monoisotopic (exact) mass is 369 g/mol. The second-order valence-electron chi connectivity index (χ2n) is 6.43. The molecule has 2 rings (SSSR count). The van der Waals surface area contributed by atoms with Gasteiger partial charge in [-0.05, 0) is 60.7 Å². The van der Waals surface area contributed by atoms with Crippen molar-refractivity contribution in [2.75, 3.05) is 18.5 Å². The van der Waals surface area contributed by atoms with Gasteiger partial charge >= 0.3 is 5.97 Å². The molecule has 0 fully saturated rings. The van der Waals surface area contributed by atoms with E-state index in [0.29, 0.717) is 29.5 Å². The minimum Gasteiger partial charge on any atom is -0.484 e. The van der Waals surface area contributed by atoms with Crippen LogP contribution in [0.1, 0.15) is 55.5 Å². The summed E-state index contributed by atoms with van der Waals surface area (Å²) in [6, 6.07) is 14.4. The van der Waals surface area contributed by atoms with Gasteiger partial charge in [0.1, 0.15) is 5.75 Å². The lowest BCUT2D eigenvalue weighted by molar-refractivity contribution is -0.118. The molecule has 0 aliphatic carbocycles. The third kappa shape index (κ3) is 6.44. The molecule has 2 aromatic carbocycles. The molecule has 0 aliphatic rings. The van der Waals surface area contributed by atoms with Gasteiger partial charge in [0, 0.05) is 5.69 Å². The van der Waals surface area contributed by atoms with Crippen LogP contribution < -0.4 is 10.1 Å². The molecule has 27 heavy (non-hydrogen) atoms. The lowest BCUT2D eigenvalue weighted by Crippen LogP contribution is -2.20. The van der Waals surface area contributed by atoms with Crippen molar-refractivity contribution in [3.8, 4) is 5.75 Å².